The Balaban J connectivity index is 1.74. The van der Waals surface area contributed by atoms with Gasteiger partial charge in [0.15, 0.2) is 0 Å². The monoisotopic (exact) mass is 434 g/mol. The lowest BCUT2D eigenvalue weighted by Crippen LogP contribution is -2.33. The highest BCUT2D eigenvalue weighted by atomic mass is 19.4. The molecule has 2 heterocycles. The number of aliphatic hydroxyl groups excluding tert-OH is 2. The summed E-state index contributed by atoms with van der Waals surface area (Å²) in [5.41, 5.74) is -1.30. The molecule has 0 bridgehead atoms. The van der Waals surface area contributed by atoms with Crippen LogP contribution in [0.25, 0.3) is 22.0 Å². The van der Waals surface area contributed by atoms with Crippen molar-refractivity contribution in [3.63, 3.8) is 0 Å². The van der Waals surface area contributed by atoms with Crippen molar-refractivity contribution in [1.29, 1.82) is 0 Å². The number of rotatable bonds is 4. The fourth-order valence-corrected chi connectivity index (χ4v) is 3.54. The van der Waals surface area contributed by atoms with Gasteiger partial charge in [-0.3, -0.25) is 9.69 Å². The fraction of sp³-hybridized carbons (Fsp3) is 0.238. The molecule has 31 heavy (non-hydrogen) atoms. The van der Waals surface area contributed by atoms with Crippen LogP contribution in [0.1, 0.15) is 5.56 Å². The van der Waals surface area contributed by atoms with E-state index in [9.17, 15) is 27.9 Å². The van der Waals surface area contributed by atoms with Gasteiger partial charge in [-0.2, -0.15) is 13.2 Å². The summed E-state index contributed by atoms with van der Waals surface area (Å²) in [7, 11) is 0. The number of aliphatic hydroxyl groups is 2. The first-order valence-corrected chi connectivity index (χ1v) is 9.30. The number of hydrogen-bond donors (Lipinski definition) is 3. The molecule has 0 saturated carbocycles. The number of aromatic nitrogens is 1. The zero-order chi connectivity index (χ0) is 22.3. The van der Waals surface area contributed by atoms with Crippen molar-refractivity contribution < 1.29 is 32.9 Å². The van der Waals surface area contributed by atoms with Gasteiger partial charge in [0.05, 0.1) is 18.7 Å². The first-order chi connectivity index (χ1) is 14.7. The largest absolute Gasteiger partial charge is 0.441 e. The van der Waals surface area contributed by atoms with Crippen molar-refractivity contribution in [3.8, 4) is 11.3 Å². The summed E-state index contributed by atoms with van der Waals surface area (Å²) in [6.45, 7) is -0.605. The molecule has 10 heteroatoms. The molecule has 7 nitrogen and oxygen atoms in total. The number of anilines is 1. The van der Waals surface area contributed by atoms with E-state index in [0.29, 0.717) is 11.1 Å². The number of ether oxygens (including phenoxy) is 1. The van der Waals surface area contributed by atoms with E-state index in [1.165, 1.54) is 47.4 Å². The first kappa shape index (κ1) is 20.9. The maximum Gasteiger partial charge on any atom is 0.417 e. The summed E-state index contributed by atoms with van der Waals surface area (Å²) >= 11 is 0. The maximum atomic E-state index is 13.4. The Morgan fingerprint density at radius 1 is 1.16 bits per heavy atom. The number of cyclic esters (lactones) is 1. The average molecular weight is 434 g/mol. The second-order valence-electron chi connectivity index (χ2n) is 7.11. The van der Waals surface area contributed by atoms with Gasteiger partial charge in [-0.15, -0.1) is 0 Å². The lowest BCUT2D eigenvalue weighted by atomic mass is 10.0. The quantitative estimate of drug-likeness (QED) is 0.586. The van der Waals surface area contributed by atoms with Gasteiger partial charge in [0.2, 0.25) is 0 Å². The van der Waals surface area contributed by atoms with E-state index < -0.39 is 42.2 Å². The molecule has 1 fully saturated rings. The summed E-state index contributed by atoms with van der Waals surface area (Å²) in [6, 6.07) is 10.8. The number of halogens is 3. The number of nitrogens with one attached hydrogen (secondary N) is 1. The second kappa shape index (κ2) is 7.71. The lowest BCUT2D eigenvalue weighted by molar-refractivity contribution is -0.137. The van der Waals surface area contributed by atoms with Crippen molar-refractivity contribution in [2.75, 3.05) is 18.1 Å². The van der Waals surface area contributed by atoms with Crippen molar-refractivity contribution in [2.45, 2.75) is 18.4 Å². The van der Waals surface area contributed by atoms with E-state index >= 15 is 0 Å². The Hall–Kier alpha value is -3.37. The van der Waals surface area contributed by atoms with Crippen LogP contribution in [-0.2, 0) is 10.9 Å². The Bertz CT molecular complexity index is 1210. The molecule has 4 rings (SSSR count). The van der Waals surface area contributed by atoms with Gasteiger partial charge in [-0.25, -0.2) is 4.79 Å². The fourth-order valence-electron chi connectivity index (χ4n) is 3.54. The smallest absolute Gasteiger partial charge is 0.417 e. The number of carbonyl (C=O) groups excluding carboxylic acids is 1. The Kier molecular flexibility index (Phi) is 5.19. The molecular formula is C21H17F3N2O5. The van der Waals surface area contributed by atoms with Crippen LogP contribution in [0.2, 0.25) is 0 Å². The summed E-state index contributed by atoms with van der Waals surface area (Å²) in [5.74, 6) is 0. The lowest BCUT2D eigenvalue weighted by Gasteiger charge is -2.16. The number of nitrogens with zero attached hydrogens (tertiary/aromatic N) is 1. The molecule has 3 aromatic rings. The van der Waals surface area contributed by atoms with E-state index in [1.807, 2.05) is 0 Å². The average Bonchev–Trinajstić information content (AvgIpc) is 3.14. The van der Waals surface area contributed by atoms with Crippen LogP contribution in [0.3, 0.4) is 0 Å². The van der Waals surface area contributed by atoms with Gasteiger partial charge < -0.3 is 19.9 Å². The predicted octanol–water partition coefficient (Wildman–Crippen LogP) is 2.89. The van der Waals surface area contributed by atoms with E-state index in [1.54, 1.807) is 0 Å². The molecule has 1 aliphatic rings. The highest BCUT2D eigenvalue weighted by molar-refractivity contribution is 5.94. The standard InChI is InChI=1S/C21H17F3N2O5/c22-21(23,24)15-4-2-1-3-13(15)16-7-11-5-6-12(8-14(11)19(29)25-16)26-9-18(17(28)10-27)31-20(26)30/h1-8,17-18,27-28H,9-10H2,(H,25,29)/t17-,18+/m0/s1. The van der Waals surface area contributed by atoms with Crippen LogP contribution >= 0.6 is 0 Å². The number of benzene rings is 2. The summed E-state index contributed by atoms with van der Waals surface area (Å²) in [5, 5.41) is 19.3. The van der Waals surface area contributed by atoms with Crippen molar-refractivity contribution in [1.82, 2.24) is 4.98 Å². The van der Waals surface area contributed by atoms with Gasteiger partial charge in [0.25, 0.3) is 5.56 Å². The third kappa shape index (κ3) is 3.87. The zero-order valence-corrected chi connectivity index (χ0v) is 15.9. The minimum absolute atomic E-state index is 0.0184. The van der Waals surface area contributed by atoms with E-state index in [-0.39, 0.29) is 23.2 Å². The molecule has 162 valence electrons. The van der Waals surface area contributed by atoms with Gasteiger partial charge >= 0.3 is 12.3 Å². The topological polar surface area (TPSA) is 103 Å². The number of amides is 1. The van der Waals surface area contributed by atoms with Gasteiger partial charge in [0, 0.05) is 22.3 Å². The number of alkyl halides is 3. The number of fused-ring (bicyclic) bond motifs is 1. The molecule has 1 amide bonds. The molecule has 1 aromatic heterocycles. The first-order valence-electron chi connectivity index (χ1n) is 9.30. The van der Waals surface area contributed by atoms with E-state index in [2.05, 4.69) is 4.98 Å². The van der Waals surface area contributed by atoms with E-state index in [0.717, 1.165) is 6.07 Å². The third-order valence-electron chi connectivity index (χ3n) is 5.12. The van der Waals surface area contributed by atoms with Crippen LogP contribution < -0.4 is 10.5 Å². The highest BCUT2D eigenvalue weighted by Gasteiger charge is 2.37. The van der Waals surface area contributed by atoms with Crippen LogP contribution in [0.15, 0.2) is 53.3 Å². The SMILES string of the molecule is O=C1O[C@@H]([C@@H](O)CO)CN1c1ccc2cc(-c3ccccc3C(F)(F)F)[nH]c(=O)c2c1. The van der Waals surface area contributed by atoms with Crippen molar-refractivity contribution >= 4 is 22.6 Å². The van der Waals surface area contributed by atoms with Crippen LogP contribution in [0.5, 0.6) is 0 Å². The minimum atomic E-state index is -4.59. The molecule has 0 aliphatic carbocycles. The zero-order valence-electron chi connectivity index (χ0n) is 15.9. The van der Waals surface area contributed by atoms with Gasteiger partial charge in [-0.1, -0.05) is 24.3 Å². The molecule has 1 aliphatic heterocycles. The number of H-pyrrole nitrogens is 1. The molecule has 2 aromatic carbocycles. The Morgan fingerprint density at radius 2 is 1.90 bits per heavy atom. The van der Waals surface area contributed by atoms with Crippen LogP contribution in [-0.4, -0.2) is 46.6 Å². The van der Waals surface area contributed by atoms with Crippen molar-refractivity contribution in [2.24, 2.45) is 0 Å². The predicted molar refractivity (Wildman–Crippen MR) is 106 cm³/mol. The molecular weight excluding hydrogens is 417 g/mol. The molecule has 3 N–H and O–H groups in total. The molecule has 0 unspecified atom stereocenters. The molecule has 0 spiro atoms. The number of pyridine rings is 1. The summed E-state index contributed by atoms with van der Waals surface area (Å²) in [4.78, 5) is 28.5. The normalized spacial score (nSPS) is 17.8. The van der Waals surface area contributed by atoms with Crippen LogP contribution in [0.4, 0.5) is 23.7 Å². The minimum Gasteiger partial charge on any atom is -0.441 e. The molecule has 2 atom stereocenters. The number of hydrogen-bond acceptors (Lipinski definition) is 5. The molecule has 1 saturated heterocycles. The highest BCUT2D eigenvalue weighted by Crippen LogP contribution is 2.36. The van der Waals surface area contributed by atoms with Crippen molar-refractivity contribution in [3.05, 3.63) is 64.4 Å². The Labute approximate surface area is 173 Å². The summed E-state index contributed by atoms with van der Waals surface area (Å²) in [6.07, 6.45) is -7.50. The number of carbonyl (C=O) groups is 1. The number of aromatic amines is 1. The van der Waals surface area contributed by atoms with Gasteiger partial charge in [-0.05, 0) is 29.7 Å². The molecule has 0 radical (unpaired) electrons. The van der Waals surface area contributed by atoms with E-state index in [4.69, 9.17) is 9.84 Å². The summed E-state index contributed by atoms with van der Waals surface area (Å²) < 4.78 is 45.1. The Morgan fingerprint density at radius 3 is 2.61 bits per heavy atom. The van der Waals surface area contributed by atoms with Crippen LogP contribution in [0, 0.1) is 0 Å². The third-order valence-corrected chi connectivity index (χ3v) is 5.12. The van der Waals surface area contributed by atoms with Gasteiger partial charge in [0.1, 0.15) is 12.2 Å². The second-order valence-corrected chi connectivity index (χ2v) is 7.11. The maximum absolute atomic E-state index is 13.4.